The number of ether oxygens (including phenoxy) is 1. The van der Waals surface area contributed by atoms with E-state index in [1.165, 1.54) is 44.9 Å². The minimum atomic E-state index is 0.0670. The standard InChI is InChI=1S/C18H27NO/c1-19-17(18(20-2)10-6-3-7-11-18)13-15-12-14-8-4-5-9-16(14)15/h4-5,8-9,15,17,19H,3,6-7,10-13H2,1-2H3. The van der Waals surface area contributed by atoms with Crippen molar-refractivity contribution in [1.82, 2.24) is 5.32 Å². The Morgan fingerprint density at radius 3 is 2.65 bits per heavy atom. The van der Waals surface area contributed by atoms with Gasteiger partial charge in [-0.2, -0.15) is 0 Å². The van der Waals surface area contributed by atoms with Crippen molar-refractivity contribution >= 4 is 0 Å². The number of benzene rings is 1. The lowest BCUT2D eigenvalue weighted by Gasteiger charge is -2.45. The Morgan fingerprint density at radius 2 is 2.00 bits per heavy atom. The van der Waals surface area contributed by atoms with Gasteiger partial charge >= 0.3 is 0 Å². The number of rotatable bonds is 5. The van der Waals surface area contributed by atoms with Crippen LogP contribution in [-0.4, -0.2) is 25.8 Å². The fraction of sp³-hybridized carbons (Fsp3) is 0.667. The molecular formula is C18H27NO. The van der Waals surface area contributed by atoms with Crippen LogP contribution in [0.4, 0.5) is 0 Å². The molecule has 1 aromatic carbocycles. The predicted octanol–water partition coefficient (Wildman–Crippen LogP) is 3.65. The van der Waals surface area contributed by atoms with Crippen molar-refractivity contribution < 1.29 is 4.74 Å². The maximum atomic E-state index is 6.03. The van der Waals surface area contributed by atoms with E-state index in [1.807, 2.05) is 7.11 Å². The number of nitrogens with one attached hydrogen (secondary N) is 1. The molecule has 3 rings (SSSR count). The third kappa shape index (κ3) is 2.40. The predicted molar refractivity (Wildman–Crippen MR) is 83.2 cm³/mol. The summed E-state index contributed by atoms with van der Waals surface area (Å²) in [6.45, 7) is 0. The topological polar surface area (TPSA) is 21.3 Å². The maximum absolute atomic E-state index is 6.03. The first-order chi connectivity index (χ1) is 9.79. The molecule has 2 heteroatoms. The molecule has 2 aliphatic rings. The van der Waals surface area contributed by atoms with Crippen molar-refractivity contribution in [3.05, 3.63) is 35.4 Å². The Hall–Kier alpha value is -0.860. The monoisotopic (exact) mass is 273 g/mol. The number of methoxy groups -OCH3 is 1. The molecule has 0 amide bonds. The summed E-state index contributed by atoms with van der Waals surface area (Å²) in [5.74, 6) is 0.720. The highest BCUT2D eigenvalue weighted by Crippen LogP contribution is 2.42. The maximum Gasteiger partial charge on any atom is 0.0831 e. The first-order valence-corrected chi connectivity index (χ1v) is 8.09. The Bertz CT molecular complexity index is 450. The van der Waals surface area contributed by atoms with Crippen molar-refractivity contribution in [3.8, 4) is 0 Å². The molecule has 0 aromatic heterocycles. The summed E-state index contributed by atoms with van der Waals surface area (Å²) >= 11 is 0. The third-order valence-corrected chi connectivity index (χ3v) is 5.57. The smallest absolute Gasteiger partial charge is 0.0831 e. The van der Waals surface area contributed by atoms with Gasteiger partial charge in [-0.05, 0) is 49.8 Å². The van der Waals surface area contributed by atoms with E-state index in [0.29, 0.717) is 6.04 Å². The second-order valence-electron chi connectivity index (χ2n) is 6.51. The molecule has 1 saturated carbocycles. The normalized spacial score (nSPS) is 25.6. The molecule has 2 aliphatic carbocycles. The fourth-order valence-corrected chi connectivity index (χ4v) is 4.30. The van der Waals surface area contributed by atoms with Crippen LogP contribution in [-0.2, 0) is 11.2 Å². The Labute approximate surface area is 122 Å². The summed E-state index contributed by atoms with van der Waals surface area (Å²) in [5.41, 5.74) is 3.18. The van der Waals surface area contributed by atoms with E-state index in [1.54, 1.807) is 11.1 Å². The highest BCUT2D eigenvalue weighted by atomic mass is 16.5. The van der Waals surface area contributed by atoms with E-state index in [9.17, 15) is 0 Å². The Morgan fingerprint density at radius 1 is 1.25 bits per heavy atom. The fourth-order valence-electron chi connectivity index (χ4n) is 4.30. The quantitative estimate of drug-likeness (QED) is 0.884. The summed E-state index contributed by atoms with van der Waals surface area (Å²) in [5, 5.41) is 3.57. The number of hydrogen-bond acceptors (Lipinski definition) is 2. The van der Waals surface area contributed by atoms with Gasteiger partial charge < -0.3 is 10.1 Å². The van der Waals surface area contributed by atoms with Crippen LogP contribution in [0, 0.1) is 0 Å². The molecular weight excluding hydrogens is 246 g/mol. The first-order valence-electron chi connectivity index (χ1n) is 8.09. The zero-order valence-electron chi connectivity index (χ0n) is 12.8. The summed E-state index contributed by atoms with van der Waals surface area (Å²) in [7, 11) is 4.01. The molecule has 20 heavy (non-hydrogen) atoms. The van der Waals surface area contributed by atoms with Gasteiger partial charge in [-0.15, -0.1) is 0 Å². The van der Waals surface area contributed by atoms with Crippen molar-refractivity contribution in [2.45, 2.75) is 62.5 Å². The summed E-state index contributed by atoms with van der Waals surface area (Å²) < 4.78 is 6.03. The second kappa shape index (κ2) is 5.87. The average molecular weight is 273 g/mol. The molecule has 110 valence electrons. The summed E-state index contributed by atoms with van der Waals surface area (Å²) in [6, 6.07) is 9.38. The van der Waals surface area contributed by atoms with E-state index in [2.05, 4.69) is 36.6 Å². The molecule has 0 heterocycles. The molecule has 2 nitrogen and oxygen atoms in total. The summed E-state index contributed by atoms with van der Waals surface area (Å²) in [6.07, 6.45) is 8.87. The van der Waals surface area contributed by atoms with E-state index in [-0.39, 0.29) is 5.60 Å². The number of likely N-dealkylation sites (N-methyl/N-ethyl adjacent to an activating group) is 1. The van der Waals surface area contributed by atoms with E-state index in [0.717, 1.165) is 5.92 Å². The van der Waals surface area contributed by atoms with Gasteiger partial charge in [0, 0.05) is 13.2 Å². The van der Waals surface area contributed by atoms with Gasteiger partial charge in [-0.3, -0.25) is 0 Å². The highest BCUT2D eigenvalue weighted by molar-refractivity contribution is 5.40. The van der Waals surface area contributed by atoms with Crippen LogP contribution in [0.5, 0.6) is 0 Å². The molecule has 0 saturated heterocycles. The molecule has 0 spiro atoms. The summed E-state index contributed by atoms with van der Waals surface area (Å²) in [4.78, 5) is 0. The molecule has 2 atom stereocenters. The van der Waals surface area contributed by atoms with Gasteiger partial charge in [-0.25, -0.2) is 0 Å². The molecule has 1 aromatic rings. The molecule has 2 unspecified atom stereocenters. The van der Waals surface area contributed by atoms with Crippen LogP contribution in [0.15, 0.2) is 24.3 Å². The van der Waals surface area contributed by atoms with Crippen LogP contribution >= 0.6 is 0 Å². The molecule has 1 fully saturated rings. The SMILES string of the molecule is CNC(CC1Cc2ccccc21)C1(OC)CCCCC1. The van der Waals surface area contributed by atoms with Crippen molar-refractivity contribution in [1.29, 1.82) is 0 Å². The van der Waals surface area contributed by atoms with Crippen molar-refractivity contribution in [2.75, 3.05) is 14.2 Å². The van der Waals surface area contributed by atoms with Gasteiger partial charge in [0.1, 0.15) is 0 Å². The zero-order valence-corrected chi connectivity index (χ0v) is 12.8. The average Bonchev–Trinajstić information content (AvgIpc) is 2.49. The van der Waals surface area contributed by atoms with Crippen LogP contribution in [0.2, 0.25) is 0 Å². The highest BCUT2D eigenvalue weighted by Gasteiger charge is 2.41. The lowest BCUT2D eigenvalue weighted by Crippen LogP contribution is -2.53. The minimum Gasteiger partial charge on any atom is -0.377 e. The number of hydrogen-bond donors (Lipinski definition) is 1. The lowest BCUT2D eigenvalue weighted by atomic mass is 9.69. The Balaban J connectivity index is 1.71. The first kappa shape index (κ1) is 14.1. The third-order valence-electron chi connectivity index (χ3n) is 5.57. The lowest BCUT2D eigenvalue weighted by molar-refractivity contribution is -0.0694. The van der Waals surface area contributed by atoms with Crippen LogP contribution in [0.3, 0.4) is 0 Å². The molecule has 1 N–H and O–H groups in total. The van der Waals surface area contributed by atoms with Gasteiger partial charge in [0.25, 0.3) is 0 Å². The molecule has 0 bridgehead atoms. The van der Waals surface area contributed by atoms with Gasteiger partial charge in [0.2, 0.25) is 0 Å². The van der Waals surface area contributed by atoms with E-state index >= 15 is 0 Å². The van der Waals surface area contributed by atoms with Crippen LogP contribution in [0.1, 0.15) is 55.6 Å². The molecule has 0 aliphatic heterocycles. The largest absolute Gasteiger partial charge is 0.377 e. The zero-order chi connectivity index (χ0) is 14.0. The molecule has 0 radical (unpaired) electrons. The van der Waals surface area contributed by atoms with Gasteiger partial charge in [-0.1, -0.05) is 43.5 Å². The van der Waals surface area contributed by atoms with Crippen LogP contribution in [0.25, 0.3) is 0 Å². The van der Waals surface area contributed by atoms with Crippen LogP contribution < -0.4 is 5.32 Å². The number of fused-ring (bicyclic) bond motifs is 1. The Kier molecular flexibility index (Phi) is 4.13. The van der Waals surface area contributed by atoms with Gasteiger partial charge in [0.15, 0.2) is 0 Å². The van der Waals surface area contributed by atoms with E-state index < -0.39 is 0 Å². The van der Waals surface area contributed by atoms with Crippen molar-refractivity contribution in [2.24, 2.45) is 0 Å². The van der Waals surface area contributed by atoms with Crippen molar-refractivity contribution in [3.63, 3.8) is 0 Å². The minimum absolute atomic E-state index is 0.0670. The second-order valence-corrected chi connectivity index (χ2v) is 6.51. The van der Waals surface area contributed by atoms with Gasteiger partial charge in [0.05, 0.1) is 5.60 Å². The van der Waals surface area contributed by atoms with E-state index in [4.69, 9.17) is 4.74 Å².